The van der Waals surface area contributed by atoms with Gasteiger partial charge in [-0.3, -0.25) is 4.79 Å². The summed E-state index contributed by atoms with van der Waals surface area (Å²) in [6, 6.07) is 4.60. The minimum Gasteiger partial charge on any atom is -0.381 e. The third kappa shape index (κ3) is 4.38. The molecule has 0 saturated carbocycles. The van der Waals surface area contributed by atoms with E-state index in [1.807, 2.05) is 6.92 Å². The lowest BCUT2D eigenvalue weighted by Gasteiger charge is -2.21. The lowest BCUT2D eigenvalue weighted by atomic mass is 10.0. The van der Waals surface area contributed by atoms with Crippen molar-refractivity contribution in [1.82, 2.24) is 5.32 Å². The van der Waals surface area contributed by atoms with Gasteiger partial charge in [0.05, 0.1) is 4.47 Å². The van der Waals surface area contributed by atoms with Gasteiger partial charge in [0.25, 0.3) is 5.91 Å². The smallest absolute Gasteiger partial charge is 0.251 e. The summed E-state index contributed by atoms with van der Waals surface area (Å²) in [5, 5.41) is 12.2. The second kappa shape index (κ2) is 5.80. The van der Waals surface area contributed by atoms with Crippen molar-refractivity contribution in [1.29, 1.82) is 0 Å². The molecule has 1 aromatic rings. The van der Waals surface area contributed by atoms with Gasteiger partial charge >= 0.3 is 0 Å². The van der Waals surface area contributed by atoms with E-state index in [4.69, 9.17) is 0 Å². The van der Waals surface area contributed by atoms with Crippen LogP contribution in [0.15, 0.2) is 22.7 Å². The molecule has 0 aliphatic carbocycles. The van der Waals surface area contributed by atoms with Gasteiger partial charge in [0.2, 0.25) is 0 Å². The lowest BCUT2D eigenvalue weighted by molar-refractivity contribution is -0.137. The van der Waals surface area contributed by atoms with Crippen LogP contribution in [0.2, 0.25) is 0 Å². The first-order valence-corrected chi connectivity index (χ1v) is 6.46. The van der Waals surface area contributed by atoms with Gasteiger partial charge in [-0.05, 0) is 60.8 Å². The van der Waals surface area contributed by atoms with E-state index in [-0.39, 0.29) is 11.9 Å². The molecule has 0 fully saturated rings. The van der Waals surface area contributed by atoms with Crippen LogP contribution in [0.1, 0.15) is 26.3 Å². The lowest BCUT2D eigenvalue weighted by Crippen LogP contribution is -2.46. The minimum atomic E-state index is -1.39. The predicted molar refractivity (Wildman–Crippen MR) is 71.7 cm³/mol. The van der Waals surface area contributed by atoms with Gasteiger partial charge in [-0.1, -0.05) is 6.07 Å². The van der Waals surface area contributed by atoms with Crippen LogP contribution in [0, 0.1) is 5.82 Å². The average Bonchev–Trinajstić information content (AvgIpc) is 2.22. The number of hydrogen-bond donors (Lipinski definition) is 2. The number of aliphatic hydroxyl groups is 1. The Morgan fingerprint density at radius 2 is 2.17 bits per heavy atom. The molecule has 0 heterocycles. The Morgan fingerprint density at radius 1 is 1.56 bits per heavy atom. The summed E-state index contributed by atoms with van der Waals surface area (Å²) in [5.41, 5.74) is -0.482. The van der Waals surface area contributed by atoms with E-state index < -0.39 is 11.5 Å². The molecule has 1 amide bonds. The average molecular weight is 318 g/mol. The van der Waals surface area contributed by atoms with E-state index in [9.17, 15) is 14.3 Å². The number of halogens is 2. The molecule has 0 aliphatic rings. The van der Waals surface area contributed by atoms with Crippen molar-refractivity contribution in [3.8, 4) is 0 Å². The second-order valence-electron chi connectivity index (χ2n) is 4.89. The highest BCUT2D eigenvalue weighted by atomic mass is 79.9. The van der Waals surface area contributed by atoms with Crippen LogP contribution in [0.25, 0.3) is 0 Å². The van der Waals surface area contributed by atoms with Crippen LogP contribution in [0.4, 0.5) is 4.39 Å². The number of carbonyl (C=O) groups is 1. The highest BCUT2D eigenvalue weighted by molar-refractivity contribution is 9.10. The fourth-order valence-electron chi connectivity index (χ4n) is 1.47. The number of amides is 1. The van der Waals surface area contributed by atoms with Crippen molar-refractivity contribution in [3.05, 3.63) is 34.1 Å². The van der Waals surface area contributed by atoms with Crippen molar-refractivity contribution in [3.63, 3.8) is 0 Å². The fraction of sp³-hybridized carbons (Fsp3) is 0.462. The molecule has 2 N–H and O–H groups in total. The molecular weight excluding hydrogens is 301 g/mol. The van der Waals surface area contributed by atoms with Gasteiger partial charge in [0, 0.05) is 6.04 Å². The molecule has 0 spiro atoms. The number of carbonyl (C=O) groups excluding carboxylic acids is 1. The Kier molecular flexibility index (Phi) is 4.87. The van der Waals surface area contributed by atoms with E-state index >= 15 is 0 Å². The highest BCUT2D eigenvalue weighted by Crippen LogP contribution is 2.17. The van der Waals surface area contributed by atoms with Crippen LogP contribution in [-0.4, -0.2) is 22.7 Å². The predicted octanol–water partition coefficient (Wildman–Crippen LogP) is 2.41. The molecule has 0 unspecified atom stereocenters. The third-order valence-corrected chi connectivity index (χ3v) is 3.07. The van der Waals surface area contributed by atoms with E-state index in [0.717, 1.165) is 5.56 Å². The third-order valence-electron chi connectivity index (χ3n) is 2.46. The SMILES string of the molecule is C[C@@H](Cc1ccc(F)c(Br)c1)NC(=O)C(C)(C)O. The summed E-state index contributed by atoms with van der Waals surface area (Å²) in [6.07, 6.45) is 0.570. The summed E-state index contributed by atoms with van der Waals surface area (Å²) in [5.74, 6) is -0.733. The molecule has 1 aromatic carbocycles. The number of nitrogens with one attached hydrogen (secondary N) is 1. The maximum Gasteiger partial charge on any atom is 0.251 e. The second-order valence-corrected chi connectivity index (χ2v) is 5.74. The molecule has 0 radical (unpaired) electrons. The maximum absolute atomic E-state index is 13.1. The zero-order chi connectivity index (χ0) is 13.9. The van der Waals surface area contributed by atoms with Gasteiger partial charge in [0.15, 0.2) is 0 Å². The minimum absolute atomic E-state index is 0.138. The molecule has 100 valence electrons. The van der Waals surface area contributed by atoms with Crippen LogP contribution < -0.4 is 5.32 Å². The van der Waals surface area contributed by atoms with Crippen LogP contribution in [0.3, 0.4) is 0 Å². The zero-order valence-corrected chi connectivity index (χ0v) is 12.2. The quantitative estimate of drug-likeness (QED) is 0.896. The Bertz CT molecular complexity index is 443. The highest BCUT2D eigenvalue weighted by Gasteiger charge is 2.24. The van der Waals surface area contributed by atoms with Crippen molar-refractivity contribution in [2.75, 3.05) is 0 Å². The molecule has 0 saturated heterocycles. The Hall–Kier alpha value is -0.940. The molecule has 18 heavy (non-hydrogen) atoms. The normalized spacial score (nSPS) is 13.2. The Labute approximate surface area is 115 Å². The van der Waals surface area contributed by atoms with Crippen LogP contribution in [-0.2, 0) is 11.2 Å². The number of rotatable bonds is 4. The van der Waals surface area contributed by atoms with Gasteiger partial charge in [0.1, 0.15) is 11.4 Å². The van der Waals surface area contributed by atoms with Gasteiger partial charge in [-0.15, -0.1) is 0 Å². The number of benzene rings is 1. The van der Waals surface area contributed by atoms with Crippen molar-refractivity contribution >= 4 is 21.8 Å². The van der Waals surface area contributed by atoms with Gasteiger partial charge in [-0.2, -0.15) is 0 Å². The first kappa shape index (κ1) is 15.1. The summed E-state index contributed by atoms with van der Waals surface area (Å²) >= 11 is 3.12. The molecule has 1 atom stereocenters. The van der Waals surface area contributed by atoms with Crippen LogP contribution in [0.5, 0.6) is 0 Å². The molecule has 0 aromatic heterocycles. The van der Waals surface area contributed by atoms with Crippen molar-refractivity contribution < 1.29 is 14.3 Å². The molecule has 0 bridgehead atoms. The van der Waals surface area contributed by atoms with Gasteiger partial charge < -0.3 is 10.4 Å². The summed E-state index contributed by atoms with van der Waals surface area (Å²) < 4.78 is 13.5. The van der Waals surface area contributed by atoms with Crippen molar-refractivity contribution in [2.24, 2.45) is 0 Å². The Morgan fingerprint density at radius 3 is 2.67 bits per heavy atom. The zero-order valence-electron chi connectivity index (χ0n) is 10.6. The first-order chi connectivity index (χ1) is 8.20. The molecule has 0 aliphatic heterocycles. The molecular formula is C13H17BrFNO2. The van der Waals surface area contributed by atoms with E-state index in [1.54, 1.807) is 12.1 Å². The monoisotopic (exact) mass is 317 g/mol. The van der Waals surface area contributed by atoms with E-state index in [0.29, 0.717) is 10.9 Å². The van der Waals surface area contributed by atoms with Crippen LogP contribution >= 0.6 is 15.9 Å². The van der Waals surface area contributed by atoms with E-state index in [2.05, 4.69) is 21.2 Å². The van der Waals surface area contributed by atoms with Gasteiger partial charge in [-0.25, -0.2) is 4.39 Å². The standard InChI is InChI=1S/C13H17BrFNO2/c1-8(16-12(17)13(2,3)18)6-9-4-5-11(15)10(14)7-9/h4-5,7-8,18H,6H2,1-3H3,(H,16,17)/t8-/m0/s1. The molecule has 1 rings (SSSR count). The summed E-state index contributed by atoms with van der Waals surface area (Å²) in [4.78, 5) is 11.6. The molecule has 3 nitrogen and oxygen atoms in total. The van der Waals surface area contributed by atoms with Crippen molar-refractivity contribution in [2.45, 2.75) is 38.8 Å². The largest absolute Gasteiger partial charge is 0.381 e. The Balaban J connectivity index is 2.62. The summed E-state index contributed by atoms with van der Waals surface area (Å²) in [6.45, 7) is 4.70. The van der Waals surface area contributed by atoms with E-state index in [1.165, 1.54) is 19.9 Å². The fourth-order valence-corrected chi connectivity index (χ4v) is 1.90. The topological polar surface area (TPSA) is 49.3 Å². The maximum atomic E-state index is 13.1. The number of hydrogen-bond acceptors (Lipinski definition) is 2. The summed E-state index contributed by atoms with van der Waals surface area (Å²) in [7, 11) is 0. The molecule has 5 heteroatoms. The first-order valence-electron chi connectivity index (χ1n) is 5.67.